The van der Waals surface area contributed by atoms with Gasteiger partial charge in [-0.15, -0.1) is 0 Å². The molecule has 0 aromatic heterocycles. The summed E-state index contributed by atoms with van der Waals surface area (Å²) in [5.74, 6) is -3.23. The van der Waals surface area contributed by atoms with Crippen molar-refractivity contribution in [2.45, 2.75) is 51.0 Å². The van der Waals surface area contributed by atoms with Crippen molar-refractivity contribution in [1.82, 2.24) is 20.4 Å². The second-order valence-electron chi connectivity index (χ2n) is 8.34. The summed E-state index contributed by atoms with van der Waals surface area (Å²) in [4.78, 5) is 63.0. The molecule has 6 atom stereocenters. The zero-order valence-corrected chi connectivity index (χ0v) is 18.1. The van der Waals surface area contributed by atoms with Crippen molar-refractivity contribution in [2.24, 2.45) is 17.6 Å². The number of hydrogen-bond donors (Lipinski definition) is 6. The van der Waals surface area contributed by atoms with E-state index in [1.165, 1.54) is 23.6 Å². The van der Waals surface area contributed by atoms with Crippen LogP contribution in [0, 0.1) is 11.8 Å². The highest BCUT2D eigenvalue weighted by molar-refractivity contribution is 5.90. The van der Waals surface area contributed by atoms with Gasteiger partial charge in [-0.1, -0.05) is 0 Å². The maximum Gasteiger partial charge on any atom is 0.405 e. The Morgan fingerprint density at radius 1 is 0.875 bits per heavy atom. The van der Waals surface area contributed by atoms with E-state index in [0.29, 0.717) is 19.4 Å². The normalized spacial score (nSPS) is 24.4. The van der Waals surface area contributed by atoms with Gasteiger partial charge in [0.2, 0.25) is 23.6 Å². The molecule has 7 N–H and O–H groups in total. The predicted molar refractivity (Wildman–Crippen MR) is 109 cm³/mol. The molecule has 0 aromatic carbocycles. The first kappa shape index (κ1) is 25.3. The zero-order chi connectivity index (χ0) is 24.2. The van der Waals surface area contributed by atoms with Crippen molar-refractivity contribution in [3.63, 3.8) is 0 Å². The van der Waals surface area contributed by atoms with Gasteiger partial charge in [-0.3, -0.25) is 19.2 Å². The Bertz CT molecular complexity index is 758. The fraction of sp³-hybridized carbons (Fsp3) is 0.737. The van der Waals surface area contributed by atoms with Gasteiger partial charge in [0, 0.05) is 26.2 Å². The second-order valence-corrected chi connectivity index (χ2v) is 8.34. The van der Waals surface area contributed by atoms with Crippen molar-refractivity contribution in [3.05, 3.63) is 0 Å². The maximum absolute atomic E-state index is 12.9. The van der Waals surface area contributed by atoms with E-state index in [4.69, 9.17) is 10.8 Å². The molecule has 0 saturated carbocycles. The third kappa shape index (κ3) is 6.07. The monoisotopic (exact) mass is 457 g/mol. The van der Waals surface area contributed by atoms with Crippen LogP contribution in [0.4, 0.5) is 4.79 Å². The summed E-state index contributed by atoms with van der Waals surface area (Å²) in [6, 6.07) is -2.55. The number of likely N-dealkylation sites (tertiary alicyclic amines) is 2. The number of primary amides is 1. The van der Waals surface area contributed by atoms with Crippen molar-refractivity contribution in [1.29, 1.82) is 0 Å². The lowest BCUT2D eigenvalue weighted by Crippen LogP contribution is -2.53. The second kappa shape index (κ2) is 10.6. The van der Waals surface area contributed by atoms with Crippen LogP contribution < -0.4 is 16.4 Å². The minimum Gasteiger partial charge on any atom is -0.465 e. The molecule has 0 bridgehead atoms. The average molecular weight is 457 g/mol. The first-order valence-electron chi connectivity index (χ1n) is 10.4. The maximum atomic E-state index is 12.9. The highest BCUT2D eigenvalue weighted by Crippen LogP contribution is 2.24. The fourth-order valence-electron chi connectivity index (χ4n) is 4.01. The lowest BCUT2D eigenvalue weighted by atomic mass is 10.1. The van der Waals surface area contributed by atoms with Gasteiger partial charge < -0.3 is 41.5 Å². The Labute approximate surface area is 184 Å². The van der Waals surface area contributed by atoms with E-state index in [0.717, 1.165) is 0 Å². The van der Waals surface area contributed by atoms with E-state index in [1.807, 2.05) is 5.32 Å². The molecule has 0 aliphatic carbocycles. The van der Waals surface area contributed by atoms with Crippen LogP contribution in [0.3, 0.4) is 0 Å². The Morgan fingerprint density at radius 2 is 1.41 bits per heavy atom. The van der Waals surface area contributed by atoms with Gasteiger partial charge in [0.05, 0.1) is 24.0 Å². The minimum absolute atomic E-state index is 0.0846. The minimum atomic E-state index is -1.44. The number of aliphatic hydroxyl groups is 2. The van der Waals surface area contributed by atoms with Gasteiger partial charge in [-0.2, -0.15) is 0 Å². The molecule has 13 heteroatoms. The van der Waals surface area contributed by atoms with E-state index in [1.54, 1.807) is 0 Å². The van der Waals surface area contributed by atoms with Gasteiger partial charge in [0.1, 0.15) is 12.1 Å². The molecule has 13 nitrogen and oxygen atoms in total. The van der Waals surface area contributed by atoms with Crippen LogP contribution in [0.15, 0.2) is 0 Å². The summed E-state index contributed by atoms with van der Waals surface area (Å²) in [6.07, 6.45) is -3.07. The Balaban J connectivity index is 1.92. The number of aliphatic hydroxyl groups excluding tert-OH is 2. The summed E-state index contributed by atoms with van der Waals surface area (Å²) in [5.41, 5.74) is 5.18. The van der Waals surface area contributed by atoms with Crippen LogP contribution >= 0.6 is 0 Å². The van der Waals surface area contributed by atoms with Gasteiger partial charge in [-0.05, 0) is 26.7 Å². The zero-order valence-electron chi connectivity index (χ0n) is 18.1. The number of nitrogens with zero attached hydrogens (tertiary/aromatic N) is 2. The highest BCUT2D eigenvalue weighted by Gasteiger charge is 2.40. The number of amides is 5. The molecule has 5 amide bonds. The van der Waals surface area contributed by atoms with Crippen molar-refractivity contribution < 1.29 is 39.3 Å². The first-order valence-corrected chi connectivity index (χ1v) is 10.4. The van der Waals surface area contributed by atoms with Crippen LogP contribution in [0.2, 0.25) is 0 Å². The van der Waals surface area contributed by atoms with E-state index in [2.05, 4.69) is 5.32 Å². The van der Waals surface area contributed by atoms with Crippen LogP contribution in [-0.4, -0.2) is 105 Å². The van der Waals surface area contributed by atoms with Crippen LogP contribution in [0.1, 0.15) is 26.7 Å². The van der Waals surface area contributed by atoms with E-state index < -0.39 is 59.9 Å². The molecule has 2 aliphatic heterocycles. The molecule has 0 unspecified atom stereocenters. The third-order valence-corrected chi connectivity index (χ3v) is 5.83. The highest BCUT2D eigenvalue weighted by atomic mass is 16.4. The summed E-state index contributed by atoms with van der Waals surface area (Å²) in [5, 5.41) is 32.6. The van der Waals surface area contributed by atoms with Crippen molar-refractivity contribution in [3.8, 4) is 0 Å². The SMILES string of the molecule is C[C@@H](O)[C@H](NC(=O)[C@@H]1CCN(C(=O)[C@@H]2CCN(C(=O)[C@@H](NC(=O)O)[C@@H](C)O)C2)C1)C(N)=O. The number of nitrogens with one attached hydrogen (secondary N) is 2. The quantitative estimate of drug-likeness (QED) is 0.222. The molecule has 32 heavy (non-hydrogen) atoms. The molecular weight excluding hydrogens is 426 g/mol. The van der Waals surface area contributed by atoms with E-state index in [9.17, 15) is 34.2 Å². The summed E-state index contributed by atoms with van der Waals surface area (Å²) < 4.78 is 0. The number of carbonyl (C=O) groups is 5. The van der Waals surface area contributed by atoms with Crippen LogP contribution in [0.25, 0.3) is 0 Å². The van der Waals surface area contributed by atoms with E-state index in [-0.39, 0.29) is 25.5 Å². The van der Waals surface area contributed by atoms with Gasteiger partial charge in [0.25, 0.3) is 0 Å². The largest absolute Gasteiger partial charge is 0.465 e. The topological polar surface area (TPSA) is 203 Å². The summed E-state index contributed by atoms with van der Waals surface area (Å²) >= 11 is 0. The van der Waals surface area contributed by atoms with Crippen molar-refractivity contribution in [2.75, 3.05) is 26.2 Å². The summed E-state index contributed by atoms with van der Waals surface area (Å²) in [7, 11) is 0. The average Bonchev–Trinajstić information content (AvgIpc) is 3.38. The first-order chi connectivity index (χ1) is 14.9. The van der Waals surface area contributed by atoms with Crippen LogP contribution in [-0.2, 0) is 19.2 Å². The number of rotatable bonds is 8. The molecule has 2 saturated heterocycles. The Morgan fingerprint density at radius 3 is 1.94 bits per heavy atom. The van der Waals surface area contributed by atoms with E-state index >= 15 is 0 Å². The standard InChI is InChI=1S/C19H31N5O8/c1-9(25)13(15(20)27)21-16(28)11-3-5-23(7-11)17(29)12-4-6-24(8-12)18(30)14(10(2)26)22-19(31)32/h9-14,22,25-26H,3-8H2,1-2H3,(H2,20,27)(H,21,28)(H,31,32)/t9-,10-,11-,12-,13+,14+/m1/s1. The lowest BCUT2D eigenvalue weighted by molar-refractivity contribution is -0.137. The lowest BCUT2D eigenvalue weighted by Gasteiger charge is -2.26. The fourth-order valence-corrected chi connectivity index (χ4v) is 4.01. The number of hydrogen-bond acceptors (Lipinski definition) is 7. The molecule has 2 heterocycles. The Hall–Kier alpha value is -2.93. The third-order valence-electron chi connectivity index (χ3n) is 5.83. The van der Waals surface area contributed by atoms with Gasteiger partial charge in [0.15, 0.2) is 0 Å². The number of carboxylic acid groups (broad SMARTS) is 1. The molecule has 0 radical (unpaired) electrons. The number of carbonyl (C=O) groups excluding carboxylic acids is 4. The molecular formula is C19H31N5O8. The molecule has 2 aliphatic rings. The van der Waals surface area contributed by atoms with Crippen LogP contribution in [0.5, 0.6) is 0 Å². The molecule has 2 fully saturated rings. The molecule has 2 rings (SSSR count). The van der Waals surface area contributed by atoms with Gasteiger partial charge >= 0.3 is 6.09 Å². The molecule has 0 aromatic rings. The number of nitrogens with two attached hydrogens (primary N) is 1. The molecule has 180 valence electrons. The van der Waals surface area contributed by atoms with Crippen molar-refractivity contribution >= 4 is 29.7 Å². The molecule has 0 spiro atoms. The smallest absolute Gasteiger partial charge is 0.405 e. The summed E-state index contributed by atoms with van der Waals surface area (Å²) in [6.45, 7) is 3.42. The van der Waals surface area contributed by atoms with Gasteiger partial charge in [-0.25, -0.2) is 4.79 Å². The predicted octanol–water partition coefficient (Wildman–Crippen LogP) is -2.95. The Kier molecular flexibility index (Phi) is 8.38.